The number of halogens is 3. The molecule has 2 aromatic carbocycles. The van der Waals surface area contributed by atoms with Gasteiger partial charge in [0.1, 0.15) is 29.2 Å². The number of piperidine rings is 1. The number of rotatable bonds is 8. The lowest BCUT2D eigenvalue weighted by Gasteiger charge is -2.35. The smallest absolute Gasteiger partial charge is 0.416 e. The van der Waals surface area contributed by atoms with Crippen LogP contribution in [0.1, 0.15) is 64.2 Å². The number of hydrogen-bond acceptors (Lipinski definition) is 7. The van der Waals surface area contributed by atoms with E-state index in [1.807, 2.05) is 32.3 Å². The third-order valence-corrected chi connectivity index (χ3v) is 9.64. The minimum atomic E-state index is -4.55. The molecule has 2 fully saturated rings. The maximum Gasteiger partial charge on any atom is 0.416 e. The van der Waals surface area contributed by atoms with Crippen LogP contribution in [-0.2, 0) is 23.9 Å². The molecule has 4 heterocycles. The number of hydrogen-bond donors (Lipinski definition) is 1. The molecule has 1 amide bonds. The third-order valence-electron chi connectivity index (χ3n) is 9.64. The van der Waals surface area contributed by atoms with Crippen LogP contribution in [0.2, 0.25) is 0 Å². The van der Waals surface area contributed by atoms with Crippen LogP contribution in [-0.4, -0.2) is 65.8 Å². The first kappa shape index (κ1) is 29.7. The molecular formula is C34H35F3N4O4. The molecule has 3 aliphatic heterocycles. The summed E-state index contributed by atoms with van der Waals surface area (Å²) in [4.78, 5) is 33.5. The van der Waals surface area contributed by atoms with Crippen molar-refractivity contribution in [2.24, 2.45) is 5.92 Å². The van der Waals surface area contributed by atoms with Crippen LogP contribution in [0.5, 0.6) is 17.2 Å². The van der Waals surface area contributed by atoms with Gasteiger partial charge in [-0.3, -0.25) is 14.5 Å². The molecule has 1 N–H and O–H groups in total. The first-order valence-electron chi connectivity index (χ1n) is 15.4. The number of benzene rings is 2. The van der Waals surface area contributed by atoms with Gasteiger partial charge in [0.05, 0.1) is 5.56 Å². The molecule has 0 unspecified atom stereocenters. The van der Waals surface area contributed by atoms with Crippen LogP contribution >= 0.6 is 0 Å². The molecule has 1 aliphatic carbocycles. The first-order valence-corrected chi connectivity index (χ1v) is 15.4. The molecule has 0 radical (unpaired) electrons. The fourth-order valence-corrected chi connectivity index (χ4v) is 7.06. The SMILES string of the molecule is CN(C)C1CCN(Cc2ccc(C(=O)C[C@@H]3[C@H]4Oc5ccc(Oc6ccnc7c6CCC(=O)N7)cc5[C@@H]34)cc2C(F)(F)F)CC1. The number of alkyl halides is 3. The number of pyridine rings is 1. The van der Waals surface area contributed by atoms with Crippen LogP contribution < -0.4 is 14.8 Å². The van der Waals surface area contributed by atoms with Gasteiger partial charge in [0.15, 0.2) is 5.78 Å². The molecule has 3 aromatic rings. The molecule has 236 valence electrons. The topological polar surface area (TPSA) is 84.0 Å². The summed E-state index contributed by atoms with van der Waals surface area (Å²) in [7, 11) is 4.06. The van der Waals surface area contributed by atoms with Crippen molar-refractivity contribution in [2.75, 3.05) is 32.5 Å². The number of ether oxygens (including phenoxy) is 2. The normalized spacial score (nSPS) is 22.7. The van der Waals surface area contributed by atoms with Crippen molar-refractivity contribution in [2.45, 2.75) is 62.9 Å². The van der Waals surface area contributed by atoms with Crippen LogP contribution in [0, 0.1) is 5.92 Å². The number of ketones is 1. The lowest BCUT2D eigenvalue weighted by atomic mass is 9.96. The van der Waals surface area contributed by atoms with E-state index in [0.717, 1.165) is 48.9 Å². The van der Waals surface area contributed by atoms with E-state index in [4.69, 9.17) is 9.47 Å². The second kappa shape index (κ2) is 11.4. The first-order chi connectivity index (χ1) is 21.5. The van der Waals surface area contributed by atoms with E-state index < -0.39 is 11.7 Å². The van der Waals surface area contributed by atoms with Gasteiger partial charge in [-0.05, 0) is 82.3 Å². The number of Topliss-reactive ketones (excluding diaryl/α,β-unsaturated/α-hetero) is 1. The summed E-state index contributed by atoms with van der Waals surface area (Å²) in [6.07, 6.45) is -0.338. The van der Waals surface area contributed by atoms with Gasteiger partial charge in [-0.2, -0.15) is 13.2 Å². The predicted octanol–water partition coefficient (Wildman–Crippen LogP) is 6.05. The highest BCUT2D eigenvalue weighted by atomic mass is 19.4. The van der Waals surface area contributed by atoms with E-state index in [9.17, 15) is 22.8 Å². The Hall–Kier alpha value is -3.96. The molecule has 0 spiro atoms. The largest absolute Gasteiger partial charge is 0.489 e. The molecule has 0 bridgehead atoms. The lowest BCUT2D eigenvalue weighted by Crippen LogP contribution is -2.41. The lowest BCUT2D eigenvalue weighted by molar-refractivity contribution is -0.138. The zero-order valence-corrected chi connectivity index (χ0v) is 25.2. The average molecular weight is 621 g/mol. The Morgan fingerprint density at radius 2 is 1.91 bits per heavy atom. The summed E-state index contributed by atoms with van der Waals surface area (Å²) in [6, 6.07) is 11.8. The van der Waals surface area contributed by atoms with Gasteiger partial charge in [0.2, 0.25) is 5.91 Å². The molecule has 1 aromatic heterocycles. The number of anilines is 1. The Morgan fingerprint density at radius 3 is 2.67 bits per heavy atom. The number of carbonyl (C=O) groups is 2. The van der Waals surface area contributed by atoms with Crippen molar-refractivity contribution in [3.05, 3.63) is 76.5 Å². The van der Waals surface area contributed by atoms with Gasteiger partial charge in [0, 0.05) is 60.2 Å². The zero-order valence-electron chi connectivity index (χ0n) is 25.2. The van der Waals surface area contributed by atoms with Crippen molar-refractivity contribution >= 4 is 17.5 Å². The van der Waals surface area contributed by atoms with Gasteiger partial charge >= 0.3 is 6.18 Å². The van der Waals surface area contributed by atoms with Gasteiger partial charge in [-0.15, -0.1) is 0 Å². The fourth-order valence-electron chi connectivity index (χ4n) is 7.06. The molecule has 7 rings (SSSR count). The second-order valence-corrected chi connectivity index (χ2v) is 12.7. The molecule has 1 saturated carbocycles. The van der Waals surface area contributed by atoms with Crippen molar-refractivity contribution in [3.8, 4) is 17.2 Å². The highest BCUT2D eigenvalue weighted by Gasteiger charge is 2.59. The Balaban J connectivity index is 1.02. The molecule has 3 atom stereocenters. The van der Waals surface area contributed by atoms with E-state index in [1.54, 1.807) is 12.3 Å². The number of nitrogens with zero attached hydrogens (tertiary/aromatic N) is 3. The summed E-state index contributed by atoms with van der Waals surface area (Å²) in [5.41, 5.74) is 1.30. The number of fused-ring (bicyclic) bond motifs is 4. The predicted molar refractivity (Wildman–Crippen MR) is 161 cm³/mol. The number of likely N-dealkylation sites (tertiary alicyclic amines) is 1. The van der Waals surface area contributed by atoms with Crippen molar-refractivity contribution in [3.63, 3.8) is 0 Å². The highest BCUT2D eigenvalue weighted by Crippen LogP contribution is 2.60. The van der Waals surface area contributed by atoms with Crippen LogP contribution in [0.25, 0.3) is 0 Å². The van der Waals surface area contributed by atoms with Crippen molar-refractivity contribution < 1.29 is 32.2 Å². The van der Waals surface area contributed by atoms with Crippen LogP contribution in [0.3, 0.4) is 0 Å². The van der Waals surface area contributed by atoms with E-state index in [0.29, 0.717) is 36.2 Å². The number of amides is 1. The molecule has 11 heteroatoms. The Bertz CT molecular complexity index is 1650. The highest BCUT2D eigenvalue weighted by molar-refractivity contribution is 5.97. The third kappa shape index (κ3) is 5.91. The van der Waals surface area contributed by atoms with Crippen molar-refractivity contribution in [1.82, 2.24) is 14.8 Å². The zero-order chi connectivity index (χ0) is 31.5. The summed E-state index contributed by atoms with van der Waals surface area (Å²) < 4.78 is 54.7. The Morgan fingerprint density at radius 1 is 1.11 bits per heavy atom. The number of carbonyl (C=O) groups excluding carboxylic acids is 2. The second-order valence-electron chi connectivity index (χ2n) is 12.7. The molecule has 8 nitrogen and oxygen atoms in total. The summed E-state index contributed by atoms with van der Waals surface area (Å²) in [5, 5.41) is 2.77. The monoisotopic (exact) mass is 620 g/mol. The van der Waals surface area contributed by atoms with Gasteiger partial charge in [0.25, 0.3) is 0 Å². The van der Waals surface area contributed by atoms with E-state index >= 15 is 0 Å². The van der Waals surface area contributed by atoms with Crippen LogP contribution in [0.4, 0.5) is 19.0 Å². The number of aromatic nitrogens is 1. The van der Waals surface area contributed by atoms with Crippen LogP contribution in [0.15, 0.2) is 48.7 Å². The summed E-state index contributed by atoms with van der Waals surface area (Å²) in [6.45, 7) is 1.69. The van der Waals surface area contributed by atoms with E-state index in [1.165, 1.54) is 12.1 Å². The Kier molecular flexibility index (Phi) is 7.56. The van der Waals surface area contributed by atoms with E-state index in [2.05, 4.69) is 20.1 Å². The minimum Gasteiger partial charge on any atom is -0.489 e. The minimum absolute atomic E-state index is 0.0235. The number of nitrogens with one attached hydrogen (secondary N) is 1. The maximum atomic E-state index is 14.2. The average Bonchev–Trinajstić information content (AvgIpc) is 3.52. The maximum absolute atomic E-state index is 14.2. The molecular weight excluding hydrogens is 585 g/mol. The molecule has 45 heavy (non-hydrogen) atoms. The fraction of sp³-hybridized carbons (Fsp3) is 0.441. The van der Waals surface area contributed by atoms with Crippen molar-refractivity contribution in [1.29, 1.82) is 0 Å². The Labute approximate surface area is 259 Å². The van der Waals surface area contributed by atoms with Gasteiger partial charge in [-0.25, -0.2) is 4.98 Å². The molecule has 1 saturated heterocycles. The van der Waals surface area contributed by atoms with Gasteiger partial charge in [-0.1, -0.05) is 12.1 Å². The summed E-state index contributed by atoms with van der Waals surface area (Å²) >= 11 is 0. The van der Waals surface area contributed by atoms with Gasteiger partial charge < -0.3 is 19.7 Å². The standard InChI is InChI=1S/C34H35F3N4O4/c1-40(2)21-10-13-41(14-11-21)18-20-4-3-19(15-26(20)34(35,36)37)27(42)17-25-31-24-16-22(5-7-28(24)45-32(25)31)44-29-9-12-38-33-23(29)6-8-30(43)39-33/h3-5,7,9,12,15-16,21,25,31-32H,6,8,10-11,13-14,17-18H2,1-2H3,(H,38,39,43)/t25-,31-,32+/m0/s1. The molecule has 4 aliphatic rings. The quantitative estimate of drug-likeness (QED) is 0.307. The van der Waals surface area contributed by atoms with E-state index in [-0.39, 0.29) is 53.7 Å². The summed E-state index contributed by atoms with van der Waals surface area (Å²) in [5.74, 6) is 1.89.